The second-order valence-electron chi connectivity index (χ2n) is 12.2. The molecule has 2 aliphatic carbocycles. The third-order valence-corrected chi connectivity index (χ3v) is 13.7. The maximum atomic E-state index is 15.6. The van der Waals surface area contributed by atoms with Crippen LogP contribution in [0.5, 0.6) is 0 Å². The number of carbonyl (C=O) groups is 1. The van der Waals surface area contributed by atoms with E-state index in [9.17, 15) is 13.2 Å². The monoisotopic (exact) mass is 1000 g/mol. The number of rotatable bonds is 4. The summed E-state index contributed by atoms with van der Waals surface area (Å²) < 4.78 is 132. The zero-order valence-electron chi connectivity index (χ0n) is 27.0. The normalized spacial score (nSPS) is 19.8. The molecule has 6 nitrogen and oxygen atoms in total. The average Bonchev–Trinajstić information content (AvgIpc) is 3.09. The fraction of sp³-hybridized carbons (Fsp3) is 0.394. The van der Waals surface area contributed by atoms with E-state index in [1.54, 1.807) is 42.5 Å². The maximum Gasteiger partial charge on any atom is 0.490 e. The van der Waals surface area contributed by atoms with Crippen molar-refractivity contribution in [3.63, 3.8) is 0 Å². The van der Waals surface area contributed by atoms with Crippen LogP contribution in [0.25, 0.3) is 5.57 Å². The first-order valence-corrected chi connectivity index (χ1v) is 22.2. The van der Waals surface area contributed by atoms with Gasteiger partial charge in [0.05, 0.1) is 13.1 Å². The second kappa shape index (κ2) is 16.0. The Balaban J connectivity index is 0.000000679. The van der Waals surface area contributed by atoms with Gasteiger partial charge >= 0.3 is 24.5 Å². The summed E-state index contributed by atoms with van der Waals surface area (Å²) in [5, 5.41) is 7.12. The summed E-state index contributed by atoms with van der Waals surface area (Å²) in [7, 11) is 3.09. The molecule has 2 saturated heterocycles. The Morgan fingerprint density at radius 2 is 1.37 bits per heavy atom. The molecule has 19 heteroatoms. The highest BCUT2D eigenvalue weighted by Crippen LogP contribution is 2.63. The Hall–Kier alpha value is -1.95. The third-order valence-electron chi connectivity index (χ3n) is 9.26. The molecular formula is C33H30F9I2N4O2S2+. The molecule has 2 aromatic carbocycles. The van der Waals surface area contributed by atoms with E-state index in [2.05, 4.69) is 51.0 Å². The number of carboxylic acid groups (broad SMARTS) is 1. The molecule has 0 spiro atoms. The number of piperazine rings is 2. The Morgan fingerprint density at radius 3 is 1.88 bits per heavy atom. The van der Waals surface area contributed by atoms with E-state index in [0.717, 1.165) is 17.7 Å². The molecule has 282 valence electrons. The van der Waals surface area contributed by atoms with Gasteiger partial charge in [-0.25, -0.2) is 18.0 Å². The van der Waals surface area contributed by atoms with Crippen LogP contribution in [-0.4, -0.2) is 101 Å². The first kappa shape index (κ1) is 41.2. The Labute approximate surface area is 326 Å². The molecule has 2 fully saturated rings. The van der Waals surface area contributed by atoms with E-state index in [-0.39, 0.29) is 11.1 Å². The molecule has 0 radical (unpaired) electrons. The van der Waals surface area contributed by atoms with Crippen molar-refractivity contribution in [2.75, 3.05) is 57.3 Å². The van der Waals surface area contributed by atoms with Crippen molar-refractivity contribution in [1.82, 2.24) is 8.61 Å². The van der Waals surface area contributed by atoms with Crippen molar-refractivity contribution in [1.29, 1.82) is 0 Å². The van der Waals surface area contributed by atoms with Crippen molar-refractivity contribution in [3.05, 3.63) is 94.1 Å². The van der Waals surface area contributed by atoms with Crippen molar-refractivity contribution in [3.8, 4) is 0 Å². The van der Waals surface area contributed by atoms with E-state index in [1.807, 2.05) is 28.5 Å². The number of halogens is 11. The predicted octanol–water partition coefficient (Wildman–Crippen LogP) is 9.19. The largest absolute Gasteiger partial charge is 0.490 e. The molecule has 6 rings (SSSR count). The molecular weight excluding hydrogens is 973 g/mol. The van der Waals surface area contributed by atoms with Crippen molar-refractivity contribution < 1.29 is 54.0 Å². The third kappa shape index (κ3) is 8.04. The lowest BCUT2D eigenvalue weighted by Gasteiger charge is -2.46. The number of nitrogens with zero attached hydrogens (tertiary/aromatic N) is 4. The van der Waals surface area contributed by atoms with Gasteiger partial charge in [-0.3, -0.25) is 0 Å². The number of hydrogen-bond acceptors (Lipinski definition) is 6. The van der Waals surface area contributed by atoms with E-state index in [1.165, 1.54) is 12.1 Å². The van der Waals surface area contributed by atoms with E-state index < -0.39 is 41.0 Å². The molecule has 0 atom stereocenters. The van der Waals surface area contributed by atoms with E-state index in [4.69, 9.17) is 9.90 Å². The number of benzene rings is 2. The van der Waals surface area contributed by atoms with Gasteiger partial charge in [-0.1, -0.05) is 30.3 Å². The van der Waals surface area contributed by atoms with Gasteiger partial charge in [-0.05, 0) is 82.3 Å². The highest BCUT2D eigenvalue weighted by molar-refractivity contribution is 14.2. The molecule has 2 heterocycles. The number of carboxylic acids is 1. The molecule has 0 amide bonds. The summed E-state index contributed by atoms with van der Waals surface area (Å²) in [4.78, 5) is 10.8. The summed E-state index contributed by atoms with van der Waals surface area (Å²) in [6.45, 7) is 6.39. The highest BCUT2D eigenvalue weighted by atomic mass is 127. The number of aliphatic carboxylic acids is 1. The molecule has 0 saturated carbocycles. The number of hydrogen-bond donors (Lipinski definition) is 1. The first-order chi connectivity index (χ1) is 24.3. The minimum Gasteiger partial charge on any atom is -0.475 e. The van der Waals surface area contributed by atoms with Gasteiger partial charge in [0.2, 0.25) is 5.41 Å². The van der Waals surface area contributed by atoms with Crippen LogP contribution >= 0.6 is 60.6 Å². The number of alkyl halides is 9. The maximum absolute atomic E-state index is 15.6. The van der Waals surface area contributed by atoms with E-state index >= 15 is 26.3 Å². The highest BCUT2D eigenvalue weighted by Gasteiger charge is 2.75. The molecule has 0 bridgehead atoms. The minimum absolute atomic E-state index is 0.0444. The zero-order chi connectivity index (χ0) is 38.2. The van der Waals surface area contributed by atoms with Crippen LogP contribution in [0.1, 0.15) is 22.3 Å². The molecule has 2 aromatic rings. The Bertz CT molecular complexity index is 1800. The molecule has 4 aliphatic rings. The SMILES string of the molecule is Cc1ccccc1C1=C2C=CC(=[N+]3CCN(SI)CC3)C=C2C(C(F)(F)F)(C(F)(F)F)c2cc(N3CCN(SI)CC3)ccc21.O=C(O)C(F)(F)F. The van der Waals surface area contributed by atoms with Gasteiger partial charge in [-0.15, -0.1) is 0 Å². The van der Waals surface area contributed by atoms with Crippen LogP contribution < -0.4 is 4.90 Å². The first-order valence-electron chi connectivity index (χ1n) is 15.6. The molecule has 52 heavy (non-hydrogen) atoms. The van der Waals surface area contributed by atoms with Gasteiger partial charge in [-0.2, -0.15) is 39.5 Å². The Kier molecular flexibility index (Phi) is 12.7. The van der Waals surface area contributed by atoms with Gasteiger partial charge in [0.15, 0.2) is 18.8 Å². The summed E-state index contributed by atoms with van der Waals surface area (Å²) in [5.41, 5.74) is -3.35. The van der Waals surface area contributed by atoms with Gasteiger partial charge in [0.1, 0.15) is 0 Å². The minimum atomic E-state index is -5.67. The fourth-order valence-corrected chi connectivity index (χ4v) is 9.72. The topological polar surface area (TPSA) is 50.0 Å². The molecule has 0 unspecified atom stereocenters. The van der Waals surface area contributed by atoms with Crippen molar-refractivity contribution in [2.24, 2.45) is 0 Å². The summed E-state index contributed by atoms with van der Waals surface area (Å²) in [6.07, 6.45) is -12.1. The lowest BCUT2D eigenvalue weighted by atomic mass is 9.61. The van der Waals surface area contributed by atoms with Crippen molar-refractivity contribution >= 4 is 83.6 Å². The van der Waals surface area contributed by atoms with Crippen LogP contribution in [0.4, 0.5) is 45.2 Å². The van der Waals surface area contributed by atoms with Crippen LogP contribution in [0.2, 0.25) is 0 Å². The van der Waals surface area contributed by atoms with Crippen molar-refractivity contribution in [2.45, 2.75) is 30.9 Å². The zero-order valence-corrected chi connectivity index (χ0v) is 33.0. The second-order valence-corrected chi connectivity index (χ2v) is 15.8. The quantitative estimate of drug-likeness (QED) is 0.142. The summed E-state index contributed by atoms with van der Waals surface area (Å²) in [6, 6.07) is 11.5. The summed E-state index contributed by atoms with van der Waals surface area (Å²) >= 11 is 4.35. The van der Waals surface area contributed by atoms with Gasteiger partial charge in [0, 0.05) is 86.4 Å². The number of fused-ring (bicyclic) bond motifs is 2. The van der Waals surface area contributed by atoms with Gasteiger partial charge in [0.25, 0.3) is 0 Å². The lowest BCUT2D eigenvalue weighted by Crippen LogP contribution is -2.57. The number of allylic oxidation sites excluding steroid dienone is 5. The van der Waals surface area contributed by atoms with Crippen LogP contribution in [0, 0.1) is 6.92 Å². The Morgan fingerprint density at radius 1 is 0.808 bits per heavy atom. The van der Waals surface area contributed by atoms with Crippen LogP contribution in [0.15, 0.2) is 71.8 Å². The number of aryl methyl sites for hydroxylation is 1. The van der Waals surface area contributed by atoms with E-state index in [0.29, 0.717) is 74.9 Å². The lowest BCUT2D eigenvalue weighted by molar-refractivity contribution is -0.535. The molecule has 2 aliphatic heterocycles. The van der Waals surface area contributed by atoms with Gasteiger partial charge < -0.3 is 10.0 Å². The molecule has 0 aromatic heterocycles. The number of anilines is 1. The fourth-order valence-electron chi connectivity index (χ4n) is 6.75. The average molecular weight is 1000 g/mol. The summed E-state index contributed by atoms with van der Waals surface area (Å²) in [5.74, 6) is -2.76. The van der Waals surface area contributed by atoms with Crippen LogP contribution in [-0.2, 0) is 10.2 Å². The smallest absolute Gasteiger partial charge is 0.475 e. The molecule has 1 N–H and O–H groups in total. The van der Waals surface area contributed by atoms with Crippen LogP contribution in [0.3, 0.4) is 0 Å². The predicted molar refractivity (Wildman–Crippen MR) is 202 cm³/mol. The standard InChI is InChI=1S/C31H29F6I2N4S2.C2HF3O2/c1-20-4-2-3-5-23(20)28-24-8-6-21(40-10-14-42(44-38)15-11-40)18-26(24)29(30(32,33)34,31(35,36)37)27-19-22(7-9-25(27)28)41-12-16-43(45-39)17-13-41;3-2(4,5)1(6)7/h2-9,18-19H,10-17H2,1H3;(H,6,7)/q+1;.